The summed E-state index contributed by atoms with van der Waals surface area (Å²) >= 11 is 0. The lowest BCUT2D eigenvalue weighted by atomic mass is 10.2. The van der Waals surface area contributed by atoms with Crippen LogP contribution in [-0.4, -0.2) is 66.3 Å². The Morgan fingerprint density at radius 1 is 1.07 bits per heavy atom. The molecule has 0 unspecified atom stereocenters. The van der Waals surface area contributed by atoms with Gasteiger partial charge >= 0.3 is 0 Å². The molecule has 2 heterocycles. The van der Waals surface area contributed by atoms with Gasteiger partial charge in [0.25, 0.3) is 0 Å². The summed E-state index contributed by atoms with van der Waals surface area (Å²) in [5, 5.41) is 11.0. The van der Waals surface area contributed by atoms with Gasteiger partial charge in [0.05, 0.1) is 23.8 Å². The Kier molecular flexibility index (Phi) is 5.56. The van der Waals surface area contributed by atoms with Gasteiger partial charge in [0.15, 0.2) is 0 Å². The van der Waals surface area contributed by atoms with Gasteiger partial charge in [0, 0.05) is 32.4 Å². The Bertz CT molecular complexity index is 1050. The molecule has 1 aliphatic heterocycles. The van der Waals surface area contributed by atoms with E-state index in [0.29, 0.717) is 5.69 Å². The summed E-state index contributed by atoms with van der Waals surface area (Å²) in [6.07, 6.45) is 1.42. The lowest BCUT2D eigenvalue weighted by Crippen LogP contribution is -2.36. The molecule has 29 heavy (non-hydrogen) atoms. The van der Waals surface area contributed by atoms with E-state index in [1.165, 1.54) is 15.3 Å². The number of anilines is 1. The van der Waals surface area contributed by atoms with Crippen LogP contribution in [0.3, 0.4) is 0 Å². The molecule has 0 aliphatic carbocycles. The molecular weight excluding hydrogens is 392 g/mol. The fourth-order valence-electron chi connectivity index (χ4n) is 3.22. The van der Waals surface area contributed by atoms with Gasteiger partial charge in [-0.1, -0.05) is 18.2 Å². The highest BCUT2D eigenvalue weighted by Gasteiger charge is 2.22. The number of aromatic nitrogens is 4. The number of rotatable bonds is 6. The first-order valence-corrected chi connectivity index (χ1v) is 10.7. The first kappa shape index (κ1) is 19.5. The number of hydrogen-bond acceptors (Lipinski definition) is 7. The molecule has 1 saturated heterocycles. The molecular formula is C19H22N6O3S. The molecule has 0 saturated carbocycles. The molecule has 0 spiro atoms. The number of ether oxygens (including phenoxy) is 1. The Labute approximate surface area is 169 Å². The molecule has 0 amide bonds. The van der Waals surface area contributed by atoms with Gasteiger partial charge in [-0.15, -0.1) is 5.10 Å². The molecule has 2 aromatic carbocycles. The monoisotopic (exact) mass is 414 g/mol. The Balaban J connectivity index is 1.49. The van der Waals surface area contributed by atoms with Crippen molar-refractivity contribution >= 4 is 15.7 Å². The second-order valence-electron chi connectivity index (χ2n) is 6.78. The maximum absolute atomic E-state index is 13.0. The van der Waals surface area contributed by atoms with Crippen LogP contribution in [-0.2, 0) is 21.3 Å². The van der Waals surface area contributed by atoms with Crippen molar-refractivity contribution in [1.82, 2.24) is 24.5 Å². The SMILES string of the molecule is CN(Cc1ccc(N2CCOCC2)cc1)S(=O)(=O)c1cccc(-n2cnnn2)c1. The first-order valence-electron chi connectivity index (χ1n) is 9.25. The fraction of sp³-hybridized carbons (Fsp3) is 0.316. The van der Waals surface area contributed by atoms with E-state index >= 15 is 0 Å². The summed E-state index contributed by atoms with van der Waals surface area (Å²) in [7, 11) is -2.08. The molecule has 0 N–H and O–H groups in total. The van der Waals surface area contributed by atoms with Crippen molar-refractivity contribution in [3.8, 4) is 5.69 Å². The quantitative estimate of drug-likeness (QED) is 0.600. The molecule has 0 radical (unpaired) electrons. The Morgan fingerprint density at radius 2 is 1.83 bits per heavy atom. The van der Waals surface area contributed by atoms with Crippen LogP contribution in [0.25, 0.3) is 5.69 Å². The van der Waals surface area contributed by atoms with Crippen LogP contribution >= 0.6 is 0 Å². The minimum absolute atomic E-state index is 0.193. The number of tetrazole rings is 1. The number of morpholine rings is 1. The van der Waals surface area contributed by atoms with E-state index in [9.17, 15) is 8.42 Å². The average Bonchev–Trinajstić information content (AvgIpc) is 3.30. The van der Waals surface area contributed by atoms with Crippen molar-refractivity contribution in [2.45, 2.75) is 11.4 Å². The van der Waals surface area contributed by atoms with E-state index in [2.05, 4.69) is 20.4 Å². The summed E-state index contributed by atoms with van der Waals surface area (Å²) in [5.74, 6) is 0. The molecule has 0 bridgehead atoms. The zero-order valence-corrected chi connectivity index (χ0v) is 16.9. The van der Waals surface area contributed by atoms with Crippen molar-refractivity contribution in [3.05, 3.63) is 60.4 Å². The van der Waals surface area contributed by atoms with E-state index in [1.54, 1.807) is 31.3 Å². The van der Waals surface area contributed by atoms with Crippen LogP contribution < -0.4 is 4.90 Å². The van der Waals surface area contributed by atoms with Crippen LogP contribution in [0, 0.1) is 0 Å². The molecule has 9 nitrogen and oxygen atoms in total. The summed E-state index contributed by atoms with van der Waals surface area (Å²) in [6.45, 7) is 3.47. The molecule has 1 fully saturated rings. The second-order valence-corrected chi connectivity index (χ2v) is 8.82. The highest BCUT2D eigenvalue weighted by Crippen LogP contribution is 2.21. The molecule has 10 heteroatoms. The van der Waals surface area contributed by atoms with Crippen molar-refractivity contribution in [1.29, 1.82) is 0 Å². The van der Waals surface area contributed by atoms with E-state index in [-0.39, 0.29) is 11.4 Å². The first-order chi connectivity index (χ1) is 14.0. The second kappa shape index (κ2) is 8.27. The van der Waals surface area contributed by atoms with E-state index in [1.807, 2.05) is 24.3 Å². The summed E-state index contributed by atoms with van der Waals surface area (Å²) < 4.78 is 34.2. The van der Waals surface area contributed by atoms with Gasteiger partial charge in [-0.3, -0.25) is 0 Å². The normalized spacial score (nSPS) is 15.0. The fourth-order valence-corrected chi connectivity index (χ4v) is 4.42. The van der Waals surface area contributed by atoms with Crippen LogP contribution in [0.1, 0.15) is 5.56 Å². The standard InChI is InChI=1S/C19H22N6O3S/c1-23(14-16-5-7-17(8-6-16)24-9-11-28-12-10-24)29(26,27)19-4-2-3-18(13-19)25-15-20-21-22-25/h2-8,13,15H,9-12,14H2,1H3. The largest absolute Gasteiger partial charge is 0.378 e. The van der Waals surface area contributed by atoms with E-state index < -0.39 is 10.0 Å². The molecule has 1 aromatic heterocycles. The zero-order chi connectivity index (χ0) is 20.3. The summed E-state index contributed by atoms with van der Waals surface area (Å²) in [4.78, 5) is 2.45. The van der Waals surface area contributed by atoms with Gasteiger partial charge < -0.3 is 9.64 Å². The summed E-state index contributed by atoms with van der Waals surface area (Å²) in [6, 6.07) is 14.5. The highest BCUT2D eigenvalue weighted by atomic mass is 32.2. The maximum Gasteiger partial charge on any atom is 0.243 e. The van der Waals surface area contributed by atoms with Crippen molar-refractivity contribution < 1.29 is 13.2 Å². The predicted octanol–water partition coefficient (Wildman–Crippen LogP) is 1.32. The average molecular weight is 414 g/mol. The van der Waals surface area contributed by atoms with Crippen LogP contribution in [0.4, 0.5) is 5.69 Å². The molecule has 152 valence electrons. The van der Waals surface area contributed by atoms with Gasteiger partial charge in [-0.2, -0.15) is 4.31 Å². The van der Waals surface area contributed by atoms with Crippen LogP contribution in [0.2, 0.25) is 0 Å². The topological polar surface area (TPSA) is 93.5 Å². The van der Waals surface area contributed by atoms with Crippen LogP contribution in [0.15, 0.2) is 59.8 Å². The van der Waals surface area contributed by atoms with Gasteiger partial charge in [-0.25, -0.2) is 13.1 Å². The minimum Gasteiger partial charge on any atom is -0.378 e. The maximum atomic E-state index is 13.0. The van der Waals surface area contributed by atoms with E-state index in [0.717, 1.165) is 37.6 Å². The number of sulfonamides is 1. The van der Waals surface area contributed by atoms with Gasteiger partial charge in [0.2, 0.25) is 10.0 Å². The third-order valence-corrected chi connectivity index (χ3v) is 6.66. The third kappa shape index (κ3) is 4.29. The van der Waals surface area contributed by atoms with Crippen molar-refractivity contribution in [3.63, 3.8) is 0 Å². The Morgan fingerprint density at radius 3 is 2.52 bits per heavy atom. The third-order valence-electron chi connectivity index (χ3n) is 4.86. The van der Waals surface area contributed by atoms with Crippen LogP contribution in [0.5, 0.6) is 0 Å². The van der Waals surface area contributed by atoms with E-state index in [4.69, 9.17) is 4.74 Å². The van der Waals surface area contributed by atoms with Gasteiger partial charge in [0.1, 0.15) is 6.33 Å². The summed E-state index contributed by atoms with van der Waals surface area (Å²) in [5.41, 5.74) is 2.63. The molecule has 4 rings (SSSR count). The molecule has 1 aliphatic rings. The lowest BCUT2D eigenvalue weighted by molar-refractivity contribution is 0.122. The zero-order valence-electron chi connectivity index (χ0n) is 16.0. The number of benzene rings is 2. The highest BCUT2D eigenvalue weighted by molar-refractivity contribution is 7.89. The van der Waals surface area contributed by atoms with Gasteiger partial charge in [-0.05, 0) is 46.3 Å². The molecule has 3 aromatic rings. The van der Waals surface area contributed by atoms with Crippen molar-refractivity contribution in [2.75, 3.05) is 38.3 Å². The number of hydrogen-bond donors (Lipinski definition) is 0. The molecule has 0 atom stereocenters. The minimum atomic E-state index is -3.66. The Hall–Kier alpha value is -2.82. The van der Waals surface area contributed by atoms with Crippen molar-refractivity contribution in [2.24, 2.45) is 0 Å². The smallest absolute Gasteiger partial charge is 0.243 e. The lowest BCUT2D eigenvalue weighted by Gasteiger charge is -2.29. The predicted molar refractivity (Wildman–Crippen MR) is 107 cm³/mol. The number of nitrogens with zero attached hydrogens (tertiary/aromatic N) is 6.